The molecule has 1 aromatic rings. The number of methoxy groups -OCH3 is 1. The van der Waals surface area contributed by atoms with E-state index in [4.69, 9.17) is 0 Å². The lowest BCUT2D eigenvalue weighted by atomic mass is 10.2. The first kappa shape index (κ1) is 10.9. The lowest BCUT2D eigenvalue weighted by Gasteiger charge is -1.97. The lowest BCUT2D eigenvalue weighted by Crippen LogP contribution is -1.93. The normalized spacial score (nSPS) is 10.2. The van der Waals surface area contributed by atoms with Crippen LogP contribution in [0.1, 0.15) is 5.56 Å². The van der Waals surface area contributed by atoms with Crippen molar-refractivity contribution in [3.63, 3.8) is 0 Å². The number of nitroso groups, excluding NO2 is 1. The summed E-state index contributed by atoms with van der Waals surface area (Å²) in [6.45, 7) is 0. The molecule has 78 valence electrons. The zero-order chi connectivity index (χ0) is 11.3. The Hall–Kier alpha value is -2.17. The van der Waals surface area contributed by atoms with Crippen LogP contribution in [0.15, 0.2) is 29.5 Å². The molecule has 1 N–H and O–H groups in total. The van der Waals surface area contributed by atoms with Gasteiger partial charge in [-0.05, 0) is 28.9 Å². The maximum Gasteiger partial charge on any atom is 0.330 e. The standard InChI is InChI=1S/C10H9NO4/c1-15-10(13)3-2-7-4-8(11-14)6-9(12)5-7/h2-6,12H,1H3/b3-2+. The van der Waals surface area contributed by atoms with Crippen molar-refractivity contribution in [3.8, 4) is 5.75 Å². The first-order valence-electron chi connectivity index (χ1n) is 4.09. The molecule has 15 heavy (non-hydrogen) atoms. The number of phenolic OH excluding ortho intramolecular Hbond substituents is 1. The number of aromatic hydroxyl groups is 1. The second kappa shape index (κ2) is 4.90. The fourth-order valence-corrected chi connectivity index (χ4v) is 0.999. The topological polar surface area (TPSA) is 76.0 Å². The number of carbonyl (C=O) groups is 1. The van der Waals surface area contributed by atoms with E-state index in [0.717, 1.165) is 0 Å². The second-order valence-electron chi connectivity index (χ2n) is 2.73. The van der Waals surface area contributed by atoms with E-state index in [9.17, 15) is 14.8 Å². The van der Waals surface area contributed by atoms with Crippen molar-refractivity contribution in [2.45, 2.75) is 0 Å². The van der Waals surface area contributed by atoms with Gasteiger partial charge in [0.25, 0.3) is 0 Å². The molecule has 1 aromatic carbocycles. The molecule has 0 saturated heterocycles. The van der Waals surface area contributed by atoms with Gasteiger partial charge >= 0.3 is 5.97 Å². The van der Waals surface area contributed by atoms with Gasteiger partial charge in [0.15, 0.2) is 0 Å². The van der Waals surface area contributed by atoms with Crippen molar-refractivity contribution in [1.82, 2.24) is 0 Å². The van der Waals surface area contributed by atoms with Gasteiger partial charge in [-0.2, -0.15) is 0 Å². The molecule has 0 amide bonds. The van der Waals surface area contributed by atoms with Crippen LogP contribution in [0.2, 0.25) is 0 Å². The average molecular weight is 207 g/mol. The number of hydrogen-bond acceptors (Lipinski definition) is 5. The van der Waals surface area contributed by atoms with E-state index in [1.807, 2.05) is 0 Å². The van der Waals surface area contributed by atoms with Crippen LogP contribution in [0.25, 0.3) is 6.08 Å². The minimum Gasteiger partial charge on any atom is -0.508 e. The number of nitrogens with zero attached hydrogens (tertiary/aromatic N) is 1. The number of benzene rings is 1. The van der Waals surface area contributed by atoms with E-state index in [0.29, 0.717) is 5.56 Å². The molecule has 0 aliphatic heterocycles. The van der Waals surface area contributed by atoms with Gasteiger partial charge in [-0.25, -0.2) is 4.79 Å². The van der Waals surface area contributed by atoms with Crippen molar-refractivity contribution >= 4 is 17.7 Å². The summed E-state index contributed by atoms with van der Waals surface area (Å²) in [4.78, 5) is 21.0. The zero-order valence-corrected chi connectivity index (χ0v) is 8.01. The Morgan fingerprint density at radius 3 is 2.80 bits per heavy atom. The average Bonchev–Trinajstić information content (AvgIpc) is 2.25. The molecular weight excluding hydrogens is 198 g/mol. The molecule has 0 unspecified atom stereocenters. The van der Waals surface area contributed by atoms with Crippen LogP contribution in [0.3, 0.4) is 0 Å². The fraction of sp³-hybridized carbons (Fsp3) is 0.100. The van der Waals surface area contributed by atoms with Gasteiger partial charge in [0.05, 0.1) is 7.11 Å². The number of hydrogen-bond donors (Lipinski definition) is 1. The number of esters is 1. The molecule has 0 bridgehead atoms. The first-order valence-corrected chi connectivity index (χ1v) is 4.09. The smallest absolute Gasteiger partial charge is 0.330 e. The highest BCUT2D eigenvalue weighted by molar-refractivity contribution is 5.87. The summed E-state index contributed by atoms with van der Waals surface area (Å²) in [6, 6.07) is 4.06. The summed E-state index contributed by atoms with van der Waals surface area (Å²) in [5.74, 6) is -0.601. The Balaban J connectivity index is 2.94. The minimum absolute atomic E-state index is 0.0865. The van der Waals surface area contributed by atoms with Crippen LogP contribution in [0.4, 0.5) is 5.69 Å². The largest absolute Gasteiger partial charge is 0.508 e. The van der Waals surface area contributed by atoms with Gasteiger partial charge in [-0.1, -0.05) is 0 Å². The summed E-state index contributed by atoms with van der Waals surface area (Å²) in [6.07, 6.45) is 2.60. The molecule has 0 spiro atoms. The molecule has 5 heteroatoms. The Labute approximate surface area is 86.0 Å². The molecule has 0 radical (unpaired) electrons. The van der Waals surface area contributed by atoms with E-state index >= 15 is 0 Å². The first-order chi connectivity index (χ1) is 7.15. The highest BCUT2D eigenvalue weighted by atomic mass is 16.5. The predicted octanol–water partition coefficient (Wildman–Crippen LogP) is 1.98. The summed E-state index contributed by atoms with van der Waals surface area (Å²) in [7, 11) is 1.26. The van der Waals surface area contributed by atoms with Gasteiger partial charge in [0.2, 0.25) is 0 Å². The number of rotatable bonds is 3. The summed E-state index contributed by atoms with van der Waals surface area (Å²) >= 11 is 0. The molecule has 0 heterocycles. The predicted molar refractivity (Wildman–Crippen MR) is 54.6 cm³/mol. The highest BCUT2D eigenvalue weighted by Gasteiger charge is 1.98. The molecule has 0 atom stereocenters. The van der Waals surface area contributed by atoms with Crippen molar-refractivity contribution in [1.29, 1.82) is 0 Å². The van der Waals surface area contributed by atoms with Gasteiger partial charge in [0, 0.05) is 12.1 Å². The third-order valence-electron chi connectivity index (χ3n) is 1.64. The van der Waals surface area contributed by atoms with Gasteiger partial charge < -0.3 is 9.84 Å². The zero-order valence-electron chi connectivity index (χ0n) is 8.01. The third-order valence-corrected chi connectivity index (χ3v) is 1.64. The quantitative estimate of drug-likeness (QED) is 0.467. The van der Waals surface area contributed by atoms with Crippen LogP contribution in [-0.2, 0) is 9.53 Å². The van der Waals surface area contributed by atoms with Gasteiger partial charge in [0.1, 0.15) is 11.4 Å². The van der Waals surface area contributed by atoms with Crippen molar-refractivity contribution < 1.29 is 14.6 Å². The molecule has 0 aliphatic rings. The van der Waals surface area contributed by atoms with Crippen LogP contribution in [0, 0.1) is 4.91 Å². The molecule has 0 aromatic heterocycles. The monoisotopic (exact) mass is 207 g/mol. The number of ether oxygens (including phenoxy) is 1. The van der Waals surface area contributed by atoms with Crippen LogP contribution >= 0.6 is 0 Å². The van der Waals surface area contributed by atoms with Crippen LogP contribution in [0.5, 0.6) is 5.75 Å². The molecule has 0 aliphatic carbocycles. The van der Waals surface area contributed by atoms with Gasteiger partial charge in [-0.15, -0.1) is 4.91 Å². The SMILES string of the molecule is COC(=O)/C=C/c1cc(O)cc(N=O)c1. The van der Waals surface area contributed by atoms with E-state index in [2.05, 4.69) is 9.91 Å². The van der Waals surface area contributed by atoms with Crippen molar-refractivity contribution in [3.05, 3.63) is 34.7 Å². The Bertz CT molecular complexity index is 412. The van der Waals surface area contributed by atoms with Crippen LogP contribution < -0.4 is 0 Å². The summed E-state index contributed by atoms with van der Waals surface area (Å²) < 4.78 is 4.39. The van der Waals surface area contributed by atoms with Crippen molar-refractivity contribution in [2.24, 2.45) is 5.18 Å². The van der Waals surface area contributed by atoms with Gasteiger partial charge in [-0.3, -0.25) is 0 Å². The third kappa shape index (κ3) is 3.22. The number of carbonyl (C=O) groups excluding carboxylic acids is 1. The molecule has 0 saturated carbocycles. The van der Waals surface area contributed by atoms with E-state index in [1.54, 1.807) is 0 Å². The van der Waals surface area contributed by atoms with Crippen molar-refractivity contribution in [2.75, 3.05) is 7.11 Å². The van der Waals surface area contributed by atoms with E-state index < -0.39 is 5.97 Å². The Morgan fingerprint density at radius 1 is 1.47 bits per heavy atom. The second-order valence-corrected chi connectivity index (χ2v) is 2.73. The molecule has 0 fully saturated rings. The Kier molecular flexibility index (Phi) is 3.56. The molecular formula is C10H9NO4. The van der Waals surface area contributed by atoms with E-state index in [-0.39, 0.29) is 11.4 Å². The molecule has 1 rings (SSSR count). The summed E-state index contributed by atoms with van der Waals surface area (Å²) in [5.41, 5.74) is 0.592. The summed E-state index contributed by atoms with van der Waals surface area (Å²) in [5, 5.41) is 11.9. The van der Waals surface area contributed by atoms with Crippen LogP contribution in [-0.4, -0.2) is 18.2 Å². The highest BCUT2D eigenvalue weighted by Crippen LogP contribution is 2.22. The maximum absolute atomic E-state index is 10.8. The minimum atomic E-state index is -0.515. The number of phenols is 1. The maximum atomic E-state index is 10.8. The Morgan fingerprint density at radius 2 is 2.20 bits per heavy atom. The lowest BCUT2D eigenvalue weighted by molar-refractivity contribution is -0.134. The molecule has 5 nitrogen and oxygen atoms in total. The van der Waals surface area contributed by atoms with E-state index in [1.165, 1.54) is 37.5 Å². The fourth-order valence-electron chi connectivity index (χ4n) is 0.999.